The van der Waals surface area contributed by atoms with E-state index in [4.69, 9.17) is 14.6 Å². The quantitative estimate of drug-likeness (QED) is 0.432. The van der Waals surface area contributed by atoms with Crippen LogP contribution in [0, 0.1) is 0 Å². The number of hydrogen-bond donors (Lipinski definition) is 1. The third-order valence-electron chi connectivity index (χ3n) is 4.48. The highest BCUT2D eigenvalue weighted by Crippen LogP contribution is 2.43. The van der Waals surface area contributed by atoms with Crippen LogP contribution in [0.15, 0.2) is 52.5 Å². The fraction of sp³-hybridized carbons (Fsp3) is 0.211. The molecule has 1 aliphatic heterocycles. The summed E-state index contributed by atoms with van der Waals surface area (Å²) in [5.74, 6) is -2.62. The highest BCUT2D eigenvalue weighted by atomic mass is 32.2. The van der Waals surface area contributed by atoms with E-state index in [0.717, 1.165) is 11.8 Å². The lowest BCUT2D eigenvalue weighted by molar-refractivity contribution is -0.139. The van der Waals surface area contributed by atoms with Crippen LogP contribution in [-0.4, -0.2) is 69.0 Å². The van der Waals surface area contributed by atoms with Crippen LogP contribution in [0.25, 0.3) is 5.69 Å². The highest BCUT2D eigenvalue weighted by Gasteiger charge is 2.46. The van der Waals surface area contributed by atoms with Crippen LogP contribution in [-0.2, 0) is 14.8 Å². The molecule has 1 aromatic heterocycles. The third kappa shape index (κ3) is 4.21. The molecule has 0 fully saturated rings. The minimum atomic E-state index is -4.36. The van der Waals surface area contributed by atoms with Crippen LogP contribution < -0.4 is 9.47 Å². The van der Waals surface area contributed by atoms with Gasteiger partial charge in [-0.2, -0.15) is 4.68 Å². The number of carbonyl (C=O) groups is 2. The fourth-order valence-electron chi connectivity index (χ4n) is 3.12. The van der Waals surface area contributed by atoms with Gasteiger partial charge in [0.05, 0.1) is 18.2 Å². The van der Waals surface area contributed by atoms with Crippen molar-refractivity contribution in [2.75, 3.05) is 19.1 Å². The lowest BCUT2D eigenvalue weighted by Crippen LogP contribution is -2.30. The Morgan fingerprint density at radius 1 is 1.12 bits per heavy atom. The zero-order valence-corrected chi connectivity index (χ0v) is 18.7. The number of thioether (sulfide) groups is 1. The maximum Gasteiger partial charge on any atom is 0.341 e. The van der Waals surface area contributed by atoms with E-state index in [2.05, 4.69) is 15.5 Å². The monoisotopic (exact) mass is 491 g/mol. The van der Waals surface area contributed by atoms with Crippen LogP contribution >= 0.6 is 11.8 Å². The molecule has 2 aromatic carbocycles. The standard InChI is InChI=1S/C19H17N5O7S2/c1-2-30-13-8-9-14(31-10-15(25)26)17-16(13)18(27)23(33(17,28)29)11-32-19-20-21-22-24(19)12-6-4-3-5-7-12/h3-9H,2,10-11H2,1H3,(H,25,26). The molecule has 0 radical (unpaired) electrons. The molecule has 0 bridgehead atoms. The number of amides is 1. The second-order valence-electron chi connectivity index (χ2n) is 6.52. The van der Waals surface area contributed by atoms with Crippen LogP contribution in [0.4, 0.5) is 0 Å². The number of rotatable bonds is 9. The first-order chi connectivity index (χ1) is 15.8. The zero-order valence-electron chi connectivity index (χ0n) is 17.1. The number of para-hydroxylation sites is 1. The molecule has 0 atom stereocenters. The Bertz CT molecular complexity index is 1310. The Kier molecular flexibility index (Phi) is 6.20. The molecule has 0 spiro atoms. The molecule has 12 nitrogen and oxygen atoms in total. The van der Waals surface area contributed by atoms with E-state index in [-0.39, 0.29) is 34.7 Å². The topological polar surface area (TPSA) is 154 Å². The number of carboxylic acid groups (broad SMARTS) is 1. The van der Waals surface area contributed by atoms with Gasteiger partial charge in [-0.15, -0.1) is 5.10 Å². The number of carbonyl (C=O) groups excluding carboxylic acids is 1. The predicted molar refractivity (Wildman–Crippen MR) is 114 cm³/mol. The predicted octanol–water partition coefficient (Wildman–Crippen LogP) is 1.42. The van der Waals surface area contributed by atoms with Gasteiger partial charge in [-0.05, 0) is 41.6 Å². The second-order valence-corrected chi connectivity index (χ2v) is 9.23. The normalized spacial score (nSPS) is 14.2. The second kappa shape index (κ2) is 9.07. The molecule has 1 amide bonds. The van der Waals surface area contributed by atoms with Gasteiger partial charge < -0.3 is 14.6 Å². The number of fused-ring (bicyclic) bond motifs is 1. The van der Waals surface area contributed by atoms with E-state index in [9.17, 15) is 18.0 Å². The first-order valence-corrected chi connectivity index (χ1v) is 11.9. The average Bonchev–Trinajstić information content (AvgIpc) is 3.34. The van der Waals surface area contributed by atoms with Crippen LogP contribution in [0.1, 0.15) is 17.3 Å². The van der Waals surface area contributed by atoms with Gasteiger partial charge in [0.1, 0.15) is 22.0 Å². The number of tetrazole rings is 1. The number of hydrogen-bond acceptors (Lipinski definition) is 10. The van der Waals surface area contributed by atoms with Gasteiger partial charge >= 0.3 is 5.97 Å². The van der Waals surface area contributed by atoms with Crippen molar-refractivity contribution in [1.29, 1.82) is 0 Å². The molecule has 33 heavy (non-hydrogen) atoms. The van der Waals surface area contributed by atoms with Crippen molar-refractivity contribution in [3.8, 4) is 17.2 Å². The van der Waals surface area contributed by atoms with Gasteiger partial charge in [0.15, 0.2) is 6.61 Å². The highest BCUT2D eigenvalue weighted by molar-refractivity contribution is 8.00. The summed E-state index contributed by atoms with van der Waals surface area (Å²) in [5.41, 5.74) is 0.454. The zero-order chi connectivity index (χ0) is 23.6. The minimum Gasteiger partial charge on any atom is -0.493 e. The Morgan fingerprint density at radius 3 is 2.55 bits per heavy atom. The molecule has 3 aromatic rings. The molecule has 1 N–H and O–H groups in total. The molecule has 0 saturated heterocycles. The molecular formula is C19H17N5O7S2. The summed E-state index contributed by atoms with van der Waals surface area (Å²) in [7, 11) is -4.36. The molecule has 4 rings (SSSR count). The first-order valence-electron chi connectivity index (χ1n) is 9.52. The van der Waals surface area contributed by atoms with E-state index in [1.807, 2.05) is 6.07 Å². The number of nitrogens with zero attached hydrogens (tertiary/aromatic N) is 5. The average molecular weight is 492 g/mol. The van der Waals surface area contributed by atoms with E-state index in [1.54, 1.807) is 31.2 Å². The maximum atomic E-state index is 13.3. The van der Waals surface area contributed by atoms with Gasteiger partial charge in [0.25, 0.3) is 15.9 Å². The van der Waals surface area contributed by atoms with Gasteiger partial charge in [-0.1, -0.05) is 30.0 Å². The fourth-order valence-corrected chi connectivity index (χ4v) is 5.90. The van der Waals surface area contributed by atoms with Crippen molar-refractivity contribution in [2.24, 2.45) is 0 Å². The summed E-state index contributed by atoms with van der Waals surface area (Å²) in [6.07, 6.45) is 0. The Balaban J connectivity index is 1.67. The Labute approximate surface area is 192 Å². The van der Waals surface area contributed by atoms with Crippen LogP contribution in [0.2, 0.25) is 0 Å². The summed E-state index contributed by atoms with van der Waals surface area (Å²) >= 11 is 0.943. The van der Waals surface area contributed by atoms with Gasteiger partial charge in [-0.25, -0.2) is 17.5 Å². The van der Waals surface area contributed by atoms with Crippen molar-refractivity contribution >= 4 is 33.7 Å². The largest absolute Gasteiger partial charge is 0.493 e. The van der Waals surface area contributed by atoms with E-state index < -0.39 is 33.4 Å². The van der Waals surface area contributed by atoms with Crippen molar-refractivity contribution in [3.05, 3.63) is 48.0 Å². The number of sulfonamides is 1. The molecule has 0 unspecified atom stereocenters. The van der Waals surface area contributed by atoms with Crippen molar-refractivity contribution in [3.63, 3.8) is 0 Å². The Morgan fingerprint density at radius 2 is 1.85 bits per heavy atom. The molecular weight excluding hydrogens is 474 g/mol. The molecule has 2 heterocycles. The molecule has 0 saturated carbocycles. The van der Waals surface area contributed by atoms with Gasteiger partial charge in [0.2, 0.25) is 5.16 Å². The summed E-state index contributed by atoms with van der Waals surface area (Å²) in [6.45, 7) is 1.10. The minimum absolute atomic E-state index is 0.0605. The summed E-state index contributed by atoms with van der Waals surface area (Å²) < 4.78 is 39.2. The molecule has 1 aliphatic rings. The van der Waals surface area contributed by atoms with Crippen LogP contribution in [0.3, 0.4) is 0 Å². The van der Waals surface area contributed by atoms with Gasteiger partial charge in [0, 0.05) is 0 Å². The molecule has 172 valence electrons. The Hall–Kier alpha value is -3.65. The van der Waals surface area contributed by atoms with Crippen molar-refractivity contribution in [1.82, 2.24) is 24.5 Å². The van der Waals surface area contributed by atoms with E-state index in [0.29, 0.717) is 9.99 Å². The molecule has 0 aliphatic carbocycles. The number of ether oxygens (including phenoxy) is 2. The lowest BCUT2D eigenvalue weighted by Gasteiger charge is -2.14. The number of benzene rings is 2. The SMILES string of the molecule is CCOc1ccc(OCC(=O)O)c2c1C(=O)N(CSc1nnnn1-c1ccccc1)S2(=O)=O. The summed E-state index contributed by atoms with van der Waals surface area (Å²) in [4.78, 5) is 23.6. The van der Waals surface area contributed by atoms with Crippen molar-refractivity contribution in [2.45, 2.75) is 17.0 Å². The number of aliphatic carboxylic acids is 1. The third-order valence-corrected chi connectivity index (χ3v) is 7.34. The van der Waals surface area contributed by atoms with E-state index in [1.165, 1.54) is 16.8 Å². The summed E-state index contributed by atoms with van der Waals surface area (Å²) in [5, 5.41) is 20.6. The molecule has 14 heteroatoms. The number of aromatic nitrogens is 4. The maximum absolute atomic E-state index is 13.3. The number of carboxylic acids is 1. The summed E-state index contributed by atoms with van der Waals surface area (Å²) in [6, 6.07) is 11.6. The van der Waals surface area contributed by atoms with Crippen LogP contribution in [0.5, 0.6) is 11.5 Å². The van der Waals surface area contributed by atoms with Gasteiger partial charge in [-0.3, -0.25) is 4.79 Å². The first kappa shape index (κ1) is 22.5. The lowest BCUT2D eigenvalue weighted by atomic mass is 10.1. The smallest absolute Gasteiger partial charge is 0.341 e. The van der Waals surface area contributed by atoms with Crippen molar-refractivity contribution < 1.29 is 32.6 Å². The van der Waals surface area contributed by atoms with E-state index >= 15 is 0 Å².